The lowest BCUT2D eigenvalue weighted by molar-refractivity contribution is -0.141. The summed E-state index contributed by atoms with van der Waals surface area (Å²) in [5, 5.41) is 6.43. The van der Waals surface area contributed by atoms with Crippen LogP contribution in [0, 0.1) is 0 Å². The summed E-state index contributed by atoms with van der Waals surface area (Å²) in [4.78, 5) is 4.15. The fourth-order valence-corrected chi connectivity index (χ4v) is 1.43. The fourth-order valence-electron chi connectivity index (χ4n) is 1.43. The molecule has 0 spiro atoms. The van der Waals surface area contributed by atoms with Crippen LogP contribution in [0.15, 0.2) is 30.5 Å². The van der Waals surface area contributed by atoms with Crippen molar-refractivity contribution in [2.45, 2.75) is 13.1 Å². The minimum Gasteiger partial charge on any atom is -0.370 e. The molecule has 0 fully saturated rings. The predicted molar refractivity (Wildman–Crippen MR) is 60.5 cm³/mol. The van der Waals surface area contributed by atoms with Crippen molar-refractivity contribution in [1.82, 2.24) is 14.8 Å². The average Bonchev–Trinajstić information content (AvgIpc) is 2.78. The minimum absolute atomic E-state index is 0.337. The van der Waals surface area contributed by atoms with Crippen LogP contribution in [0.2, 0.25) is 0 Å². The van der Waals surface area contributed by atoms with E-state index in [0.29, 0.717) is 18.2 Å². The number of nitrogens with one attached hydrogen (secondary N) is 1. The number of nitrogens with zero attached hydrogens (tertiary/aromatic N) is 3. The number of anilines is 1. The molecule has 0 aliphatic carbocycles. The molecule has 0 bridgehead atoms. The molecule has 0 aliphatic heterocycles. The second kappa shape index (κ2) is 4.67. The SMILES string of the molecule is CCNc1cccc(-n2ccc(C(F)(F)F)n2)n1. The van der Waals surface area contributed by atoms with Crippen molar-refractivity contribution in [2.24, 2.45) is 0 Å². The van der Waals surface area contributed by atoms with Crippen molar-refractivity contribution in [2.75, 3.05) is 11.9 Å². The zero-order chi connectivity index (χ0) is 13.2. The zero-order valence-electron chi connectivity index (χ0n) is 9.57. The second-order valence-corrected chi connectivity index (χ2v) is 3.55. The lowest BCUT2D eigenvalue weighted by Crippen LogP contribution is -2.08. The van der Waals surface area contributed by atoms with Crippen LogP contribution in [0.5, 0.6) is 0 Å². The Hall–Kier alpha value is -2.05. The van der Waals surface area contributed by atoms with Crippen LogP contribution in [0.3, 0.4) is 0 Å². The molecular weight excluding hydrogens is 245 g/mol. The molecule has 0 saturated heterocycles. The minimum atomic E-state index is -4.44. The van der Waals surface area contributed by atoms with Crippen LogP contribution in [-0.4, -0.2) is 21.3 Å². The molecule has 2 heterocycles. The van der Waals surface area contributed by atoms with Gasteiger partial charge in [-0.2, -0.15) is 18.3 Å². The molecule has 96 valence electrons. The Bertz CT molecular complexity index is 533. The van der Waals surface area contributed by atoms with E-state index in [1.165, 1.54) is 6.20 Å². The van der Waals surface area contributed by atoms with Crippen LogP contribution in [0.25, 0.3) is 5.82 Å². The maximum Gasteiger partial charge on any atom is 0.435 e. The fraction of sp³-hybridized carbons (Fsp3) is 0.273. The molecule has 18 heavy (non-hydrogen) atoms. The highest BCUT2D eigenvalue weighted by molar-refractivity contribution is 5.39. The predicted octanol–water partition coefficient (Wildman–Crippen LogP) is 2.72. The van der Waals surface area contributed by atoms with Crippen molar-refractivity contribution < 1.29 is 13.2 Å². The summed E-state index contributed by atoms with van der Waals surface area (Å²) in [5.41, 5.74) is -0.932. The van der Waals surface area contributed by atoms with E-state index in [2.05, 4.69) is 15.4 Å². The molecule has 0 unspecified atom stereocenters. The van der Waals surface area contributed by atoms with Crippen molar-refractivity contribution >= 4 is 5.82 Å². The van der Waals surface area contributed by atoms with Crippen LogP contribution < -0.4 is 5.32 Å². The summed E-state index contributed by atoms with van der Waals surface area (Å²) in [6.45, 7) is 2.59. The van der Waals surface area contributed by atoms with E-state index in [1.54, 1.807) is 18.2 Å². The molecule has 1 N–H and O–H groups in total. The molecule has 4 nitrogen and oxygen atoms in total. The van der Waals surface area contributed by atoms with Gasteiger partial charge in [0, 0.05) is 12.7 Å². The largest absolute Gasteiger partial charge is 0.435 e. The monoisotopic (exact) mass is 256 g/mol. The first-order valence-electron chi connectivity index (χ1n) is 5.35. The van der Waals surface area contributed by atoms with Gasteiger partial charge < -0.3 is 5.32 Å². The quantitative estimate of drug-likeness (QED) is 0.918. The van der Waals surface area contributed by atoms with Gasteiger partial charge in [-0.3, -0.25) is 0 Å². The lowest BCUT2D eigenvalue weighted by atomic mass is 10.4. The summed E-state index contributed by atoms with van der Waals surface area (Å²) >= 11 is 0. The van der Waals surface area contributed by atoms with Gasteiger partial charge in [-0.25, -0.2) is 9.67 Å². The summed E-state index contributed by atoms with van der Waals surface area (Å²) < 4.78 is 38.3. The van der Waals surface area contributed by atoms with E-state index in [9.17, 15) is 13.2 Å². The van der Waals surface area contributed by atoms with Gasteiger partial charge in [-0.15, -0.1) is 0 Å². The van der Waals surface area contributed by atoms with Gasteiger partial charge in [0.05, 0.1) is 0 Å². The molecule has 2 aromatic heterocycles. The molecule has 0 amide bonds. The number of rotatable bonds is 3. The van der Waals surface area contributed by atoms with Crippen molar-refractivity contribution in [3.05, 3.63) is 36.2 Å². The molecule has 0 saturated carbocycles. The van der Waals surface area contributed by atoms with Crippen molar-refractivity contribution in [3.63, 3.8) is 0 Å². The van der Waals surface area contributed by atoms with Crippen LogP contribution in [0.1, 0.15) is 12.6 Å². The third-order valence-electron chi connectivity index (χ3n) is 2.21. The average molecular weight is 256 g/mol. The van der Waals surface area contributed by atoms with Crippen molar-refractivity contribution in [3.8, 4) is 5.82 Å². The number of hydrogen-bond donors (Lipinski definition) is 1. The number of alkyl halides is 3. The third-order valence-corrected chi connectivity index (χ3v) is 2.21. The highest BCUT2D eigenvalue weighted by Gasteiger charge is 2.33. The molecular formula is C11H11F3N4. The van der Waals surface area contributed by atoms with E-state index < -0.39 is 11.9 Å². The molecule has 7 heteroatoms. The van der Waals surface area contributed by atoms with Gasteiger partial charge in [-0.05, 0) is 25.1 Å². The zero-order valence-corrected chi connectivity index (χ0v) is 9.57. The highest BCUT2D eigenvalue weighted by atomic mass is 19.4. The standard InChI is InChI=1S/C11H11F3N4/c1-2-15-9-4-3-5-10(16-9)18-7-6-8(17-18)11(12,13)14/h3-7H,2H2,1H3,(H,15,16). The molecule has 0 radical (unpaired) electrons. The van der Waals surface area contributed by atoms with Gasteiger partial charge in [-0.1, -0.05) is 6.07 Å². The summed E-state index contributed by atoms with van der Waals surface area (Å²) in [6, 6.07) is 5.95. The molecule has 0 aliphatic rings. The summed E-state index contributed by atoms with van der Waals surface area (Å²) in [6.07, 6.45) is -3.20. The Morgan fingerprint density at radius 2 is 2.06 bits per heavy atom. The smallest absolute Gasteiger partial charge is 0.370 e. The highest BCUT2D eigenvalue weighted by Crippen LogP contribution is 2.27. The number of aromatic nitrogens is 3. The molecule has 0 aromatic carbocycles. The summed E-state index contributed by atoms with van der Waals surface area (Å²) in [7, 11) is 0. The lowest BCUT2D eigenvalue weighted by Gasteiger charge is -2.05. The van der Waals surface area contributed by atoms with E-state index in [0.717, 1.165) is 10.7 Å². The van der Waals surface area contributed by atoms with Gasteiger partial charge in [0.15, 0.2) is 11.5 Å². The Labute approximate surface area is 101 Å². The molecule has 0 atom stereocenters. The van der Waals surface area contributed by atoms with E-state index in [-0.39, 0.29) is 0 Å². The van der Waals surface area contributed by atoms with Gasteiger partial charge in [0.2, 0.25) is 0 Å². The maximum absolute atomic E-state index is 12.4. The Morgan fingerprint density at radius 1 is 1.28 bits per heavy atom. The first-order chi connectivity index (χ1) is 8.50. The number of pyridine rings is 1. The topological polar surface area (TPSA) is 42.7 Å². The third kappa shape index (κ3) is 2.61. The second-order valence-electron chi connectivity index (χ2n) is 3.55. The van der Waals surface area contributed by atoms with Crippen LogP contribution >= 0.6 is 0 Å². The Balaban J connectivity index is 2.31. The summed E-state index contributed by atoms with van der Waals surface area (Å²) in [5.74, 6) is 0.933. The normalized spacial score (nSPS) is 11.6. The van der Waals surface area contributed by atoms with Gasteiger partial charge in [0.1, 0.15) is 5.82 Å². The Kier molecular flexibility index (Phi) is 3.22. The number of halogens is 3. The Morgan fingerprint density at radius 3 is 2.67 bits per heavy atom. The van der Waals surface area contributed by atoms with Crippen LogP contribution in [0.4, 0.5) is 19.0 Å². The van der Waals surface area contributed by atoms with E-state index in [4.69, 9.17) is 0 Å². The van der Waals surface area contributed by atoms with Crippen LogP contribution in [-0.2, 0) is 6.18 Å². The molecule has 2 aromatic rings. The molecule has 2 rings (SSSR count). The first-order valence-corrected chi connectivity index (χ1v) is 5.35. The number of hydrogen-bond acceptors (Lipinski definition) is 3. The van der Waals surface area contributed by atoms with E-state index >= 15 is 0 Å². The maximum atomic E-state index is 12.4. The van der Waals surface area contributed by atoms with Gasteiger partial charge >= 0.3 is 6.18 Å². The first kappa shape index (κ1) is 12.4. The van der Waals surface area contributed by atoms with E-state index in [1.807, 2.05) is 6.92 Å². The van der Waals surface area contributed by atoms with Gasteiger partial charge in [0.25, 0.3) is 0 Å². The van der Waals surface area contributed by atoms with Crippen molar-refractivity contribution in [1.29, 1.82) is 0 Å².